The molecule has 2 aromatic rings. The van der Waals surface area contributed by atoms with Crippen molar-refractivity contribution < 1.29 is 14.9 Å². The van der Waals surface area contributed by atoms with Gasteiger partial charge < -0.3 is 14.9 Å². The molecule has 5 heteroatoms. The Kier molecular flexibility index (Phi) is 4.37. The largest absolute Gasteiger partial charge is 0.495 e. The van der Waals surface area contributed by atoms with Crippen LogP contribution in [0.15, 0.2) is 36.5 Å². The quantitative estimate of drug-likeness (QED) is 0.902. The van der Waals surface area contributed by atoms with Crippen LogP contribution in [-0.4, -0.2) is 22.3 Å². The maximum atomic E-state index is 10.4. The van der Waals surface area contributed by atoms with Crippen molar-refractivity contribution in [2.75, 3.05) is 7.11 Å². The van der Waals surface area contributed by atoms with E-state index in [0.29, 0.717) is 27.6 Å². The third-order valence-corrected chi connectivity index (χ3v) is 3.15. The fourth-order valence-electron chi connectivity index (χ4n) is 1.94. The van der Waals surface area contributed by atoms with Gasteiger partial charge >= 0.3 is 0 Å². The molecule has 0 radical (unpaired) electrons. The first-order chi connectivity index (χ1) is 9.19. The number of pyridine rings is 1. The maximum absolute atomic E-state index is 10.4. The molecule has 0 aliphatic carbocycles. The van der Waals surface area contributed by atoms with Gasteiger partial charge in [-0.1, -0.05) is 23.7 Å². The minimum absolute atomic E-state index is 0.216. The van der Waals surface area contributed by atoms with E-state index in [0.717, 1.165) is 0 Å². The zero-order valence-corrected chi connectivity index (χ0v) is 11.1. The van der Waals surface area contributed by atoms with Crippen molar-refractivity contribution in [3.05, 3.63) is 58.4 Å². The minimum atomic E-state index is -1.00. The Morgan fingerprint density at radius 3 is 2.68 bits per heavy atom. The second-order valence-electron chi connectivity index (χ2n) is 3.97. The van der Waals surface area contributed by atoms with Gasteiger partial charge in [-0.3, -0.25) is 4.98 Å². The van der Waals surface area contributed by atoms with Crippen molar-refractivity contribution in [3.8, 4) is 5.75 Å². The van der Waals surface area contributed by atoms with E-state index in [-0.39, 0.29) is 6.61 Å². The monoisotopic (exact) mass is 279 g/mol. The summed E-state index contributed by atoms with van der Waals surface area (Å²) in [6.45, 7) is -0.216. The van der Waals surface area contributed by atoms with Gasteiger partial charge in [0.25, 0.3) is 0 Å². The molecule has 0 saturated carbocycles. The lowest BCUT2D eigenvalue weighted by Gasteiger charge is -2.18. The van der Waals surface area contributed by atoms with Gasteiger partial charge in [-0.25, -0.2) is 0 Å². The lowest BCUT2D eigenvalue weighted by Crippen LogP contribution is -2.08. The standard InChI is InChI=1S/C14H14ClNO3/c1-19-14-10(15)6-5-9(8-17)12(14)13(18)11-4-2-3-7-16-11/h2-7,13,17-18H,8H2,1H3. The molecule has 100 valence electrons. The number of benzene rings is 1. The van der Waals surface area contributed by atoms with Crippen LogP contribution in [0.3, 0.4) is 0 Å². The van der Waals surface area contributed by atoms with Crippen LogP contribution in [-0.2, 0) is 6.61 Å². The molecule has 0 bridgehead atoms. The highest BCUT2D eigenvalue weighted by Gasteiger charge is 2.22. The van der Waals surface area contributed by atoms with E-state index in [1.807, 2.05) is 0 Å². The van der Waals surface area contributed by atoms with E-state index in [9.17, 15) is 10.2 Å². The maximum Gasteiger partial charge on any atom is 0.144 e. The molecule has 1 heterocycles. The SMILES string of the molecule is COc1c(Cl)ccc(CO)c1C(O)c1ccccn1. The van der Waals surface area contributed by atoms with Crippen molar-refractivity contribution in [1.29, 1.82) is 0 Å². The number of ether oxygens (including phenoxy) is 1. The zero-order valence-electron chi connectivity index (χ0n) is 10.4. The lowest BCUT2D eigenvalue weighted by molar-refractivity contribution is 0.203. The number of rotatable bonds is 4. The molecule has 0 aliphatic rings. The van der Waals surface area contributed by atoms with Crippen LogP contribution in [0.1, 0.15) is 22.9 Å². The summed E-state index contributed by atoms with van der Waals surface area (Å²) in [5, 5.41) is 20.2. The van der Waals surface area contributed by atoms with Crippen molar-refractivity contribution in [1.82, 2.24) is 4.98 Å². The number of methoxy groups -OCH3 is 1. The van der Waals surface area contributed by atoms with Gasteiger partial charge in [0.2, 0.25) is 0 Å². The molecule has 1 unspecified atom stereocenters. The summed E-state index contributed by atoms with van der Waals surface area (Å²) >= 11 is 6.05. The van der Waals surface area contributed by atoms with Gasteiger partial charge in [-0.2, -0.15) is 0 Å². The topological polar surface area (TPSA) is 62.6 Å². The van der Waals surface area contributed by atoms with Gasteiger partial charge in [0.15, 0.2) is 0 Å². The first-order valence-corrected chi connectivity index (χ1v) is 6.12. The Hall–Kier alpha value is -1.62. The molecule has 0 amide bonds. The predicted octanol–water partition coefficient (Wildman–Crippen LogP) is 2.32. The van der Waals surface area contributed by atoms with Gasteiger partial charge in [0, 0.05) is 11.8 Å². The highest BCUT2D eigenvalue weighted by Crippen LogP contribution is 2.37. The molecule has 2 rings (SSSR count). The van der Waals surface area contributed by atoms with Gasteiger partial charge in [0.05, 0.1) is 24.4 Å². The van der Waals surface area contributed by atoms with Crippen molar-refractivity contribution >= 4 is 11.6 Å². The number of aliphatic hydroxyl groups is 2. The van der Waals surface area contributed by atoms with E-state index >= 15 is 0 Å². The summed E-state index contributed by atoms with van der Waals surface area (Å²) in [6, 6.07) is 8.53. The second-order valence-corrected chi connectivity index (χ2v) is 4.38. The second kappa shape index (κ2) is 6.02. The van der Waals surface area contributed by atoms with Crippen LogP contribution >= 0.6 is 11.6 Å². The highest BCUT2D eigenvalue weighted by molar-refractivity contribution is 6.32. The van der Waals surface area contributed by atoms with Gasteiger partial charge in [-0.05, 0) is 23.8 Å². The summed E-state index contributed by atoms with van der Waals surface area (Å²) in [4.78, 5) is 4.11. The van der Waals surface area contributed by atoms with E-state index < -0.39 is 6.10 Å². The van der Waals surface area contributed by atoms with Crippen LogP contribution in [0.4, 0.5) is 0 Å². The van der Waals surface area contributed by atoms with E-state index in [2.05, 4.69) is 4.98 Å². The lowest BCUT2D eigenvalue weighted by atomic mass is 9.99. The summed E-state index contributed by atoms with van der Waals surface area (Å²) in [7, 11) is 1.47. The number of aromatic nitrogens is 1. The van der Waals surface area contributed by atoms with Crippen LogP contribution in [0.25, 0.3) is 0 Å². The Morgan fingerprint density at radius 1 is 1.32 bits per heavy atom. The normalized spacial score (nSPS) is 12.2. The van der Waals surface area contributed by atoms with Crippen molar-refractivity contribution in [2.24, 2.45) is 0 Å². The van der Waals surface area contributed by atoms with Crippen molar-refractivity contribution in [2.45, 2.75) is 12.7 Å². The molecule has 19 heavy (non-hydrogen) atoms. The van der Waals surface area contributed by atoms with Crippen LogP contribution < -0.4 is 4.74 Å². The van der Waals surface area contributed by atoms with Crippen LogP contribution in [0.5, 0.6) is 5.75 Å². The molecule has 0 fully saturated rings. The summed E-state index contributed by atoms with van der Waals surface area (Å²) in [5.41, 5.74) is 1.47. The fraction of sp³-hybridized carbons (Fsp3) is 0.214. The molecule has 0 spiro atoms. The summed E-state index contributed by atoms with van der Waals surface area (Å²) in [5.74, 6) is 0.353. The minimum Gasteiger partial charge on any atom is -0.495 e. The van der Waals surface area contributed by atoms with Crippen LogP contribution in [0.2, 0.25) is 5.02 Å². The van der Waals surface area contributed by atoms with Crippen LogP contribution in [0, 0.1) is 0 Å². The molecule has 1 aromatic heterocycles. The molecule has 1 aromatic carbocycles. The van der Waals surface area contributed by atoms with Gasteiger partial charge in [-0.15, -0.1) is 0 Å². The molecular weight excluding hydrogens is 266 g/mol. The van der Waals surface area contributed by atoms with Crippen molar-refractivity contribution in [3.63, 3.8) is 0 Å². The predicted molar refractivity (Wildman–Crippen MR) is 72.2 cm³/mol. The number of hydrogen-bond donors (Lipinski definition) is 2. The third kappa shape index (κ3) is 2.71. The number of halogens is 1. The molecule has 0 aliphatic heterocycles. The number of aliphatic hydroxyl groups excluding tert-OH is 2. The first-order valence-electron chi connectivity index (χ1n) is 5.74. The average molecular weight is 280 g/mol. The average Bonchev–Trinajstić information content (AvgIpc) is 2.47. The molecule has 1 atom stereocenters. The summed E-state index contributed by atoms with van der Waals surface area (Å²) < 4.78 is 5.23. The van der Waals surface area contributed by atoms with E-state index in [1.165, 1.54) is 7.11 Å². The summed E-state index contributed by atoms with van der Waals surface area (Å²) in [6.07, 6.45) is 0.589. The highest BCUT2D eigenvalue weighted by atomic mass is 35.5. The Bertz CT molecular complexity index is 560. The Labute approximate surface area is 116 Å². The first kappa shape index (κ1) is 13.8. The van der Waals surface area contributed by atoms with E-state index in [1.54, 1.807) is 36.5 Å². The Balaban J connectivity index is 2.57. The zero-order chi connectivity index (χ0) is 13.8. The molecule has 0 saturated heterocycles. The van der Waals surface area contributed by atoms with Gasteiger partial charge in [0.1, 0.15) is 11.9 Å². The molecule has 2 N–H and O–H groups in total. The smallest absolute Gasteiger partial charge is 0.144 e. The fourth-order valence-corrected chi connectivity index (χ4v) is 2.19. The Morgan fingerprint density at radius 2 is 2.11 bits per heavy atom. The number of hydrogen-bond acceptors (Lipinski definition) is 4. The molecule has 4 nitrogen and oxygen atoms in total. The third-order valence-electron chi connectivity index (χ3n) is 2.85. The van der Waals surface area contributed by atoms with E-state index in [4.69, 9.17) is 16.3 Å². The number of nitrogens with zero attached hydrogens (tertiary/aromatic N) is 1. The molecular formula is C14H14ClNO3.